The van der Waals surface area contributed by atoms with Crippen molar-refractivity contribution in [3.8, 4) is 11.5 Å². The van der Waals surface area contributed by atoms with Crippen LogP contribution in [-0.2, 0) is 0 Å². The molecule has 16 heavy (non-hydrogen) atoms. The first-order valence-corrected chi connectivity index (χ1v) is 5.66. The fraction of sp³-hybridized carbons (Fsp3) is 0.364. The van der Waals surface area contributed by atoms with Crippen LogP contribution in [0, 0.1) is 6.92 Å². The molecule has 1 atom stereocenters. The van der Waals surface area contributed by atoms with Crippen molar-refractivity contribution in [1.29, 1.82) is 0 Å². The van der Waals surface area contributed by atoms with E-state index < -0.39 is 0 Å². The lowest BCUT2D eigenvalue weighted by Crippen LogP contribution is -2.30. The summed E-state index contributed by atoms with van der Waals surface area (Å²) in [7, 11) is 0. The zero-order chi connectivity index (χ0) is 11.1. The van der Waals surface area contributed by atoms with Gasteiger partial charge in [0.05, 0.1) is 11.4 Å². The van der Waals surface area contributed by atoms with Crippen LogP contribution >= 0.6 is 11.6 Å². The monoisotopic (exact) mass is 238 g/mol. The van der Waals surface area contributed by atoms with E-state index >= 15 is 0 Å². The molecule has 4 nitrogen and oxygen atoms in total. The maximum Gasteiger partial charge on any atom is 0.189 e. The maximum atomic E-state index is 5.77. The number of halogens is 1. The van der Waals surface area contributed by atoms with Gasteiger partial charge in [-0.2, -0.15) is 0 Å². The summed E-state index contributed by atoms with van der Waals surface area (Å²) in [5.74, 6) is 2.71. The molecule has 1 aliphatic rings. The number of alkyl halides is 1. The van der Waals surface area contributed by atoms with Crippen LogP contribution in [0.25, 0.3) is 11.0 Å². The van der Waals surface area contributed by atoms with E-state index in [2.05, 4.69) is 9.97 Å². The quantitative estimate of drug-likeness (QED) is 0.776. The van der Waals surface area contributed by atoms with Crippen LogP contribution in [0.3, 0.4) is 0 Å². The molecule has 5 heteroatoms. The summed E-state index contributed by atoms with van der Waals surface area (Å²) in [5, 5.41) is 0. The number of fused-ring (bicyclic) bond motifs is 3. The minimum absolute atomic E-state index is 0.100. The zero-order valence-electron chi connectivity index (χ0n) is 8.79. The molecule has 1 unspecified atom stereocenters. The Morgan fingerprint density at radius 3 is 3.25 bits per heavy atom. The van der Waals surface area contributed by atoms with Crippen molar-refractivity contribution in [2.75, 3.05) is 12.5 Å². The van der Waals surface area contributed by atoms with E-state index in [0.717, 1.165) is 22.6 Å². The summed E-state index contributed by atoms with van der Waals surface area (Å²) in [6.45, 7) is 2.40. The molecule has 0 aliphatic carbocycles. The predicted octanol–water partition coefficient (Wildman–Crippen LogP) is 2.25. The fourth-order valence-corrected chi connectivity index (χ4v) is 1.99. The number of ether oxygens (including phenoxy) is 2. The van der Waals surface area contributed by atoms with Crippen LogP contribution in [0.4, 0.5) is 0 Å². The molecular formula is C11H11ClN2O2. The van der Waals surface area contributed by atoms with Gasteiger partial charge in [-0.05, 0) is 19.1 Å². The second-order valence-electron chi connectivity index (χ2n) is 3.82. The van der Waals surface area contributed by atoms with Crippen molar-refractivity contribution >= 4 is 22.6 Å². The molecule has 0 bridgehead atoms. The van der Waals surface area contributed by atoms with Crippen LogP contribution in [0.2, 0.25) is 0 Å². The molecule has 1 aliphatic heterocycles. The molecule has 1 aromatic heterocycles. The summed E-state index contributed by atoms with van der Waals surface area (Å²) >= 11 is 5.77. The third-order valence-corrected chi connectivity index (χ3v) is 2.92. The second kappa shape index (κ2) is 3.56. The minimum Gasteiger partial charge on any atom is -0.486 e. The Labute approximate surface area is 97.5 Å². The summed E-state index contributed by atoms with van der Waals surface area (Å²) in [6.07, 6.45) is -0.100. The largest absolute Gasteiger partial charge is 0.486 e. The topological polar surface area (TPSA) is 47.1 Å². The van der Waals surface area contributed by atoms with Crippen molar-refractivity contribution < 1.29 is 9.47 Å². The Kier molecular flexibility index (Phi) is 2.17. The molecule has 0 saturated carbocycles. The van der Waals surface area contributed by atoms with Crippen LogP contribution < -0.4 is 9.47 Å². The molecular weight excluding hydrogens is 228 g/mol. The summed E-state index contributed by atoms with van der Waals surface area (Å²) < 4.78 is 11.3. The van der Waals surface area contributed by atoms with Gasteiger partial charge in [-0.25, -0.2) is 4.98 Å². The van der Waals surface area contributed by atoms with Crippen molar-refractivity contribution in [3.05, 3.63) is 18.0 Å². The van der Waals surface area contributed by atoms with Crippen LogP contribution in [-0.4, -0.2) is 28.6 Å². The Bertz CT molecular complexity index is 538. The average molecular weight is 239 g/mol. The molecule has 0 saturated heterocycles. The fourth-order valence-electron chi connectivity index (χ4n) is 1.84. The highest BCUT2D eigenvalue weighted by atomic mass is 35.5. The number of aryl methyl sites for hydroxylation is 1. The molecule has 3 rings (SSSR count). The van der Waals surface area contributed by atoms with Gasteiger partial charge in [0.2, 0.25) is 0 Å². The third kappa shape index (κ3) is 1.41. The lowest BCUT2D eigenvalue weighted by Gasteiger charge is -2.25. The van der Waals surface area contributed by atoms with E-state index in [4.69, 9.17) is 21.1 Å². The number of H-pyrrole nitrogens is 1. The van der Waals surface area contributed by atoms with Gasteiger partial charge in [0, 0.05) is 0 Å². The lowest BCUT2D eigenvalue weighted by atomic mass is 10.2. The molecule has 0 spiro atoms. The third-order valence-electron chi connectivity index (χ3n) is 2.57. The maximum absolute atomic E-state index is 5.77. The first-order valence-electron chi connectivity index (χ1n) is 5.12. The molecule has 0 radical (unpaired) electrons. The van der Waals surface area contributed by atoms with E-state index in [9.17, 15) is 0 Å². The van der Waals surface area contributed by atoms with Crippen LogP contribution in [0.15, 0.2) is 12.1 Å². The van der Waals surface area contributed by atoms with Gasteiger partial charge in [-0.15, -0.1) is 11.6 Å². The number of rotatable bonds is 1. The summed E-state index contributed by atoms with van der Waals surface area (Å²) in [5.41, 5.74) is 1.76. The molecule has 2 heterocycles. The van der Waals surface area contributed by atoms with Crippen molar-refractivity contribution in [1.82, 2.24) is 9.97 Å². The Morgan fingerprint density at radius 2 is 2.44 bits per heavy atom. The normalized spacial score (nSPS) is 19.0. The molecule has 2 aromatic rings. The highest BCUT2D eigenvalue weighted by Crippen LogP contribution is 2.37. The van der Waals surface area contributed by atoms with Gasteiger partial charge >= 0.3 is 0 Å². The second-order valence-corrected chi connectivity index (χ2v) is 4.12. The molecule has 0 fully saturated rings. The average Bonchev–Trinajstić information content (AvgIpc) is 2.69. The Hall–Kier alpha value is -1.42. The van der Waals surface area contributed by atoms with Gasteiger partial charge in [0.1, 0.15) is 24.1 Å². The van der Waals surface area contributed by atoms with Crippen LogP contribution in [0.5, 0.6) is 11.5 Å². The molecule has 84 valence electrons. The molecule has 0 amide bonds. The number of imidazole rings is 1. The first kappa shape index (κ1) is 9.78. The lowest BCUT2D eigenvalue weighted by molar-refractivity contribution is 0.108. The summed E-state index contributed by atoms with van der Waals surface area (Å²) in [6, 6.07) is 3.83. The highest BCUT2D eigenvalue weighted by molar-refractivity contribution is 6.18. The van der Waals surface area contributed by atoms with Gasteiger partial charge in [-0.1, -0.05) is 0 Å². The predicted molar refractivity (Wildman–Crippen MR) is 61.5 cm³/mol. The van der Waals surface area contributed by atoms with E-state index in [1.165, 1.54) is 0 Å². The smallest absolute Gasteiger partial charge is 0.189 e. The van der Waals surface area contributed by atoms with E-state index in [1.807, 2.05) is 19.1 Å². The SMILES string of the molecule is Cc1nc2c3c(ccc2[nH]1)OCC(CCl)O3. The van der Waals surface area contributed by atoms with Gasteiger partial charge in [0.15, 0.2) is 11.5 Å². The number of nitrogens with zero attached hydrogens (tertiary/aromatic N) is 1. The van der Waals surface area contributed by atoms with Gasteiger partial charge in [-0.3, -0.25) is 0 Å². The number of benzene rings is 1. The van der Waals surface area contributed by atoms with Gasteiger partial charge in [0.25, 0.3) is 0 Å². The standard InChI is InChI=1S/C11H11ClN2O2/c1-6-13-8-2-3-9-11(10(8)14-6)16-7(4-12)5-15-9/h2-3,7H,4-5H2,1H3,(H,13,14). The Morgan fingerprint density at radius 1 is 1.56 bits per heavy atom. The summed E-state index contributed by atoms with van der Waals surface area (Å²) in [4.78, 5) is 7.55. The highest BCUT2D eigenvalue weighted by Gasteiger charge is 2.23. The van der Waals surface area contributed by atoms with Crippen molar-refractivity contribution in [2.24, 2.45) is 0 Å². The van der Waals surface area contributed by atoms with E-state index in [1.54, 1.807) is 0 Å². The minimum atomic E-state index is -0.100. The van der Waals surface area contributed by atoms with Crippen LogP contribution in [0.1, 0.15) is 5.82 Å². The Balaban J connectivity index is 2.17. The number of hydrogen-bond acceptors (Lipinski definition) is 3. The van der Waals surface area contributed by atoms with Crippen molar-refractivity contribution in [3.63, 3.8) is 0 Å². The van der Waals surface area contributed by atoms with E-state index in [-0.39, 0.29) is 6.10 Å². The zero-order valence-corrected chi connectivity index (χ0v) is 9.54. The number of aromatic nitrogens is 2. The first-order chi connectivity index (χ1) is 7.78. The van der Waals surface area contributed by atoms with E-state index in [0.29, 0.717) is 18.2 Å². The number of aromatic amines is 1. The van der Waals surface area contributed by atoms with Crippen molar-refractivity contribution in [2.45, 2.75) is 13.0 Å². The molecule has 1 N–H and O–H groups in total. The number of hydrogen-bond donors (Lipinski definition) is 1. The number of nitrogens with one attached hydrogen (secondary N) is 1. The van der Waals surface area contributed by atoms with Gasteiger partial charge < -0.3 is 14.5 Å². The molecule has 1 aromatic carbocycles.